The minimum Gasteiger partial charge on any atom is -0.465 e. The van der Waals surface area contributed by atoms with Crippen molar-refractivity contribution in [3.05, 3.63) is 42.2 Å². The molecule has 0 saturated heterocycles. The van der Waals surface area contributed by atoms with Crippen LogP contribution in [0.1, 0.15) is 17.3 Å². The maximum absolute atomic E-state index is 11.8. The van der Waals surface area contributed by atoms with E-state index in [9.17, 15) is 9.59 Å². The summed E-state index contributed by atoms with van der Waals surface area (Å²) in [6.45, 7) is 1.24. The van der Waals surface area contributed by atoms with E-state index in [1.165, 1.54) is 38.6 Å². The Kier molecular flexibility index (Phi) is 4.45. The van der Waals surface area contributed by atoms with Crippen LogP contribution in [0.2, 0.25) is 0 Å². The lowest BCUT2D eigenvalue weighted by atomic mass is 10.2. The van der Waals surface area contributed by atoms with Crippen LogP contribution in [0.15, 0.2) is 36.7 Å². The Balaban J connectivity index is 2.47. The average Bonchev–Trinajstić information content (AvgIpc) is 2.48. The second kappa shape index (κ2) is 6.47. The Labute approximate surface area is 120 Å². The predicted octanol–water partition coefficient (Wildman–Crippen LogP) is 1.98. The first-order valence-electron chi connectivity index (χ1n) is 5.96. The monoisotopic (exact) mass is 288 g/mol. The molecule has 1 aromatic carbocycles. The lowest BCUT2D eigenvalue weighted by Crippen LogP contribution is -2.08. The number of ether oxygens (including phenoxy) is 3. The van der Waals surface area contributed by atoms with Gasteiger partial charge < -0.3 is 14.2 Å². The van der Waals surface area contributed by atoms with Gasteiger partial charge in [-0.1, -0.05) is 6.07 Å². The van der Waals surface area contributed by atoms with Gasteiger partial charge in [0, 0.05) is 19.3 Å². The van der Waals surface area contributed by atoms with Gasteiger partial charge in [-0.3, -0.25) is 4.79 Å². The van der Waals surface area contributed by atoms with Gasteiger partial charge in [-0.15, -0.1) is 0 Å². The van der Waals surface area contributed by atoms with Crippen LogP contribution in [0.25, 0.3) is 0 Å². The summed E-state index contributed by atoms with van der Waals surface area (Å²) in [7, 11) is 1.24. The number of para-hydroxylation sites is 1. The number of benzene rings is 1. The van der Waals surface area contributed by atoms with Gasteiger partial charge in [0.05, 0.1) is 7.11 Å². The number of esters is 2. The lowest BCUT2D eigenvalue weighted by molar-refractivity contribution is -0.132. The first kappa shape index (κ1) is 14.4. The fourth-order valence-corrected chi connectivity index (χ4v) is 1.56. The molecule has 1 aromatic heterocycles. The standard InChI is InChI=1S/C14H12N2O5/c1-9(17)20-11-6-3-5-10(13(18)19-2)12(11)21-14-15-7-4-8-16-14/h3-8H,1-2H3. The molecule has 2 aromatic rings. The first-order valence-corrected chi connectivity index (χ1v) is 5.96. The van der Waals surface area contributed by atoms with Crippen LogP contribution in [0.4, 0.5) is 0 Å². The first-order chi connectivity index (χ1) is 10.1. The van der Waals surface area contributed by atoms with E-state index in [1.807, 2.05) is 0 Å². The van der Waals surface area contributed by atoms with Crippen molar-refractivity contribution in [2.75, 3.05) is 7.11 Å². The van der Waals surface area contributed by atoms with E-state index < -0.39 is 11.9 Å². The molecular formula is C14H12N2O5. The summed E-state index contributed by atoms with van der Waals surface area (Å²) < 4.78 is 15.2. The molecule has 7 heteroatoms. The third-order valence-electron chi connectivity index (χ3n) is 2.37. The SMILES string of the molecule is COC(=O)c1cccc(OC(C)=O)c1Oc1ncccn1. The molecule has 0 N–H and O–H groups in total. The highest BCUT2D eigenvalue weighted by Gasteiger charge is 2.20. The van der Waals surface area contributed by atoms with Crippen LogP contribution < -0.4 is 9.47 Å². The van der Waals surface area contributed by atoms with Crippen molar-refractivity contribution in [3.8, 4) is 17.5 Å². The second-order valence-corrected chi connectivity index (χ2v) is 3.85. The molecule has 0 spiro atoms. The third kappa shape index (κ3) is 3.53. The van der Waals surface area contributed by atoms with Crippen molar-refractivity contribution in [2.24, 2.45) is 0 Å². The van der Waals surface area contributed by atoms with E-state index in [1.54, 1.807) is 12.1 Å². The van der Waals surface area contributed by atoms with Crippen molar-refractivity contribution in [3.63, 3.8) is 0 Å². The molecule has 7 nitrogen and oxygen atoms in total. The predicted molar refractivity (Wildman–Crippen MR) is 71.2 cm³/mol. The van der Waals surface area contributed by atoms with E-state index in [4.69, 9.17) is 9.47 Å². The molecule has 2 rings (SSSR count). The molecule has 1 heterocycles. The van der Waals surface area contributed by atoms with Crippen LogP contribution in [0, 0.1) is 0 Å². The zero-order chi connectivity index (χ0) is 15.2. The minimum atomic E-state index is -0.630. The maximum Gasteiger partial charge on any atom is 0.341 e. The molecular weight excluding hydrogens is 276 g/mol. The number of rotatable bonds is 4. The number of aromatic nitrogens is 2. The molecule has 0 saturated carbocycles. The van der Waals surface area contributed by atoms with Crippen LogP contribution >= 0.6 is 0 Å². The van der Waals surface area contributed by atoms with E-state index in [0.29, 0.717) is 0 Å². The highest BCUT2D eigenvalue weighted by atomic mass is 16.6. The van der Waals surface area contributed by atoms with Crippen molar-refractivity contribution in [1.82, 2.24) is 9.97 Å². The average molecular weight is 288 g/mol. The summed E-state index contributed by atoms with van der Waals surface area (Å²) in [5.41, 5.74) is 0.101. The van der Waals surface area contributed by atoms with Gasteiger partial charge in [-0.05, 0) is 18.2 Å². The molecule has 0 aliphatic rings. The maximum atomic E-state index is 11.8. The van der Waals surface area contributed by atoms with Crippen LogP contribution in [0.5, 0.6) is 17.5 Å². The third-order valence-corrected chi connectivity index (χ3v) is 2.37. The lowest BCUT2D eigenvalue weighted by Gasteiger charge is -2.12. The van der Waals surface area contributed by atoms with Crippen LogP contribution in [-0.2, 0) is 9.53 Å². The van der Waals surface area contributed by atoms with Gasteiger partial charge in [-0.25, -0.2) is 14.8 Å². The highest BCUT2D eigenvalue weighted by molar-refractivity contribution is 5.94. The van der Waals surface area contributed by atoms with E-state index >= 15 is 0 Å². The van der Waals surface area contributed by atoms with Crippen molar-refractivity contribution in [1.29, 1.82) is 0 Å². The Morgan fingerprint density at radius 2 is 1.81 bits per heavy atom. The van der Waals surface area contributed by atoms with Gasteiger partial charge in [0.1, 0.15) is 5.56 Å². The zero-order valence-electron chi connectivity index (χ0n) is 11.4. The fraction of sp³-hybridized carbons (Fsp3) is 0.143. The normalized spacial score (nSPS) is 9.81. The number of nitrogens with zero attached hydrogens (tertiary/aromatic N) is 2. The number of hydrogen-bond donors (Lipinski definition) is 0. The fourth-order valence-electron chi connectivity index (χ4n) is 1.56. The number of methoxy groups -OCH3 is 1. The van der Waals surface area contributed by atoms with Crippen molar-refractivity contribution in [2.45, 2.75) is 6.92 Å². The molecule has 0 aliphatic carbocycles. The van der Waals surface area contributed by atoms with Gasteiger partial charge in [0.2, 0.25) is 0 Å². The Bertz CT molecular complexity index is 658. The number of hydrogen-bond acceptors (Lipinski definition) is 7. The zero-order valence-corrected chi connectivity index (χ0v) is 11.4. The molecule has 108 valence electrons. The quantitative estimate of drug-likeness (QED) is 0.627. The summed E-state index contributed by atoms with van der Waals surface area (Å²) in [6.07, 6.45) is 2.96. The summed E-state index contributed by atoms with van der Waals surface area (Å²) >= 11 is 0. The number of carbonyl (C=O) groups excluding carboxylic acids is 2. The topological polar surface area (TPSA) is 87.6 Å². The molecule has 0 bridgehead atoms. The summed E-state index contributed by atoms with van der Waals surface area (Å²) in [6, 6.07) is 6.15. The van der Waals surface area contributed by atoms with Gasteiger partial charge in [-0.2, -0.15) is 0 Å². The second-order valence-electron chi connectivity index (χ2n) is 3.85. The summed E-state index contributed by atoms with van der Waals surface area (Å²) in [4.78, 5) is 30.7. The highest BCUT2D eigenvalue weighted by Crippen LogP contribution is 2.34. The smallest absolute Gasteiger partial charge is 0.341 e. The molecule has 21 heavy (non-hydrogen) atoms. The van der Waals surface area contributed by atoms with Crippen LogP contribution in [0.3, 0.4) is 0 Å². The van der Waals surface area contributed by atoms with Crippen LogP contribution in [-0.4, -0.2) is 29.0 Å². The van der Waals surface area contributed by atoms with Gasteiger partial charge >= 0.3 is 17.9 Å². The molecule has 0 unspecified atom stereocenters. The largest absolute Gasteiger partial charge is 0.465 e. The molecule has 0 atom stereocenters. The molecule has 0 aliphatic heterocycles. The molecule has 0 amide bonds. The van der Waals surface area contributed by atoms with Crippen molar-refractivity contribution >= 4 is 11.9 Å². The molecule has 0 radical (unpaired) electrons. The van der Waals surface area contributed by atoms with E-state index in [2.05, 4.69) is 14.7 Å². The Morgan fingerprint density at radius 1 is 1.10 bits per heavy atom. The van der Waals surface area contributed by atoms with E-state index in [-0.39, 0.29) is 23.1 Å². The van der Waals surface area contributed by atoms with Crippen molar-refractivity contribution < 1.29 is 23.8 Å². The van der Waals surface area contributed by atoms with Gasteiger partial charge in [0.15, 0.2) is 11.5 Å². The summed E-state index contributed by atoms with van der Waals surface area (Å²) in [5, 5.41) is 0. The summed E-state index contributed by atoms with van der Waals surface area (Å²) in [5.74, 6) is -1.07. The number of carbonyl (C=O) groups is 2. The minimum absolute atomic E-state index is 0.0160. The molecule has 0 fully saturated rings. The van der Waals surface area contributed by atoms with E-state index in [0.717, 1.165) is 0 Å². The Hall–Kier alpha value is -2.96. The van der Waals surface area contributed by atoms with Gasteiger partial charge in [0.25, 0.3) is 0 Å². The Morgan fingerprint density at radius 3 is 2.43 bits per heavy atom.